The Morgan fingerprint density at radius 1 is 1.31 bits per heavy atom. The Bertz CT molecular complexity index is 664. The lowest BCUT2D eigenvalue weighted by molar-refractivity contribution is -0.121. The van der Waals surface area contributed by atoms with E-state index in [0.29, 0.717) is 6.54 Å². The molecule has 0 aliphatic carbocycles. The number of piperidine rings is 1. The highest BCUT2D eigenvalue weighted by Crippen LogP contribution is 2.15. The molecular weight excluding hydrogens is 350 g/mol. The van der Waals surface area contributed by atoms with Gasteiger partial charge in [-0.05, 0) is 43.8 Å². The zero-order chi connectivity index (χ0) is 19.0. The minimum atomic E-state index is -3.45. The Hall–Kier alpha value is -1.44. The Kier molecular flexibility index (Phi) is 8.06. The van der Waals surface area contributed by atoms with Crippen LogP contribution < -0.4 is 5.32 Å². The summed E-state index contributed by atoms with van der Waals surface area (Å²) in [6, 6.07) is 9.31. The fourth-order valence-electron chi connectivity index (χ4n) is 3.31. The molecule has 0 bridgehead atoms. The first-order valence-electron chi connectivity index (χ1n) is 9.32. The summed E-state index contributed by atoms with van der Waals surface area (Å²) >= 11 is 0. The van der Waals surface area contributed by atoms with Gasteiger partial charge < -0.3 is 10.2 Å². The SMILES string of the molecule is C[C@@H]1CCCN(CCCNC(=O)CN(Cc2ccccc2)S(C)(=O)=O)C1. The minimum Gasteiger partial charge on any atom is -0.355 e. The molecule has 26 heavy (non-hydrogen) atoms. The number of hydrogen-bond donors (Lipinski definition) is 1. The zero-order valence-corrected chi connectivity index (χ0v) is 16.7. The molecule has 0 aromatic heterocycles. The standard InChI is InChI=1S/C19H31N3O3S/c1-17-8-6-12-21(14-17)13-7-11-20-19(23)16-22(26(2,24)25)15-18-9-4-3-5-10-18/h3-5,9-10,17H,6-8,11-16H2,1-2H3,(H,20,23)/t17-/m1/s1. The monoisotopic (exact) mass is 381 g/mol. The summed E-state index contributed by atoms with van der Waals surface area (Å²) in [7, 11) is -3.45. The van der Waals surface area contributed by atoms with Crippen molar-refractivity contribution in [2.45, 2.75) is 32.7 Å². The summed E-state index contributed by atoms with van der Waals surface area (Å²) < 4.78 is 25.2. The number of nitrogens with one attached hydrogen (secondary N) is 1. The van der Waals surface area contributed by atoms with Crippen LogP contribution in [0.25, 0.3) is 0 Å². The van der Waals surface area contributed by atoms with E-state index < -0.39 is 10.0 Å². The van der Waals surface area contributed by atoms with E-state index in [1.165, 1.54) is 17.1 Å². The van der Waals surface area contributed by atoms with Crippen LogP contribution in [0, 0.1) is 5.92 Å². The Morgan fingerprint density at radius 2 is 2.04 bits per heavy atom. The van der Waals surface area contributed by atoms with Crippen LogP contribution in [-0.2, 0) is 21.4 Å². The summed E-state index contributed by atoms with van der Waals surface area (Å²) in [5, 5.41) is 2.85. The van der Waals surface area contributed by atoms with Crippen LogP contribution >= 0.6 is 0 Å². The van der Waals surface area contributed by atoms with Crippen LogP contribution in [-0.4, -0.2) is 62.5 Å². The molecular formula is C19H31N3O3S. The van der Waals surface area contributed by atoms with Crippen LogP contribution in [0.2, 0.25) is 0 Å². The van der Waals surface area contributed by atoms with E-state index >= 15 is 0 Å². The van der Waals surface area contributed by atoms with Gasteiger partial charge in [-0.15, -0.1) is 0 Å². The normalized spacial score (nSPS) is 18.8. The molecule has 1 heterocycles. The molecule has 2 rings (SSSR count). The molecule has 1 aromatic rings. The lowest BCUT2D eigenvalue weighted by Crippen LogP contribution is -2.41. The van der Waals surface area contributed by atoms with Gasteiger partial charge in [0, 0.05) is 19.6 Å². The molecule has 1 aliphatic heterocycles. The number of rotatable bonds is 9. The largest absolute Gasteiger partial charge is 0.355 e. The summed E-state index contributed by atoms with van der Waals surface area (Å²) in [4.78, 5) is 14.6. The molecule has 1 fully saturated rings. The highest BCUT2D eigenvalue weighted by atomic mass is 32.2. The smallest absolute Gasteiger partial charge is 0.235 e. The number of nitrogens with zero attached hydrogens (tertiary/aromatic N) is 2. The molecule has 6 nitrogen and oxygen atoms in total. The number of carbonyl (C=O) groups excluding carboxylic acids is 1. The average Bonchev–Trinajstić information content (AvgIpc) is 2.58. The molecule has 0 radical (unpaired) electrons. The van der Waals surface area contributed by atoms with Crippen molar-refractivity contribution in [1.82, 2.24) is 14.5 Å². The predicted molar refractivity (Wildman–Crippen MR) is 104 cm³/mol. The van der Waals surface area contributed by atoms with Gasteiger partial charge in [0.05, 0.1) is 12.8 Å². The maximum absolute atomic E-state index is 12.2. The van der Waals surface area contributed by atoms with Gasteiger partial charge in [-0.1, -0.05) is 37.3 Å². The van der Waals surface area contributed by atoms with Gasteiger partial charge in [-0.2, -0.15) is 4.31 Å². The molecule has 0 saturated carbocycles. The second kappa shape index (κ2) is 10.0. The van der Waals surface area contributed by atoms with Gasteiger partial charge in [0.15, 0.2) is 0 Å². The van der Waals surface area contributed by atoms with Crippen LogP contribution in [0.5, 0.6) is 0 Å². The van der Waals surface area contributed by atoms with E-state index in [0.717, 1.165) is 43.8 Å². The Balaban J connectivity index is 1.74. The number of sulfonamides is 1. The highest BCUT2D eigenvalue weighted by molar-refractivity contribution is 7.88. The minimum absolute atomic E-state index is 0.144. The quantitative estimate of drug-likeness (QED) is 0.661. The van der Waals surface area contributed by atoms with Crippen LogP contribution in [0.1, 0.15) is 31.7 Å². The second-order valence-corrected chi connectivity index (χ2v) is 9.25. The van der Waals surface area contributed by atoms with Gasteiger partial charge in [0.2, 0.25) is 15.9 Å². The number of benzene rings is 1. The first kappa shape index (κ1) is 20.9. The van der Waals surface area contributed by atoms with E-state index in [2.05, 4.69) is 17.1 Å². The van der Waals surface area contributed by atoms with E-state index in [4.69, 9.17) is 0 Å². The van der Waals surface area contributed by atoms with Gasteiger partial charge >= 0.3 is 0 Å². The van der Waals surface area contributed by atoms with E-state index in [-0.39, 0.29) is 19.0 Å². The lowest BCUT2D eigenvalue weighted by atomic mass is 10.0. The molecule has 1 atom stereocenters. The Labute approximate surface area is 157 Å². The first-order chi connectivity index (χ1) is 12.3. The maximum Gasteiger partial charge on any atom is 0.235 e. The number of hydrogen-bond acceptors (Lipinski definition) is 4. The van der Waals surface area contributed by atoms with Crippen molar-refractivity contribution >= 4 is 15.9 Å². The van der Waals surface area contributed by atoms with Gasteiger partial charge in [0.25, 0.3) is 0 Å². The van der Waals surface area contributed by atoms with Gasteiger partial charge in [-0.3, -0.25) is 4.79 Å². The van der Waals surface area contributed by atoms with Crippen LogP contribution in [0.3, 0.4) is 0 Å². The zero-order valence-electron chi connectivity index (χ0n) is 15.9. The highest BCUT2D eigenvalue weighted by Gasteiger charge is 2.20. The van der Waals surface area contributed by atoms with E-state index in [9.17, 15) is 13.2 Å². The molecule has 1 N–H and O–H groups in total. The summed E-state index contributed by atoms with van der Waals surface area (Å²) in [5.74, 6) is 0.498. The molecule has 146 valence electrons. The maximum atomic E-state index is 12.2. The van der Waals surface area contributed by atoms with Crippen molar-refractivity contribution < 1.29 is 13.2 Å². The third-order valence-electron chi connectivity index (χ3n) is 4.71. The third-order valence-corrected chi connectivity index (χ3v) is 5.90. The fraction of sp³-hybridized carbons (Fsp3) is 0.632. The topological polar surface area (TPSA) is 69.7 Å². The predicted octanol–water partition coefficient (Wildman–Crippen LogP) is 1.69. The first-order valence-corrected chi connectivity index (χ1v) is 11.2. The summed E-state index contributed by atoms with van der Waals surface area (Å²) in [6.45, 7) is 6.16. The van der Waals surface area contributed by atoms with Gasteiger partial charge in [-0.25, -0.2) is 8.42 Å². The molecule has 0 spiro atoms. The third kappa shape index (κ3) is 7.43. The van der Waals surface area contributed by atoms with Crippen molar-refractivity contribution in [3.63, 3.8) is 0 Å². The van der Waals surface area contributed by atoms with E-state index in [1.54, 1.807) is 0 Å². The molecule has 1 aliphatic rings. The number of carbonyl (C=O) groups is 1. The van der Waals surface area contributed by atoms with Crippen LogP contribution in [0.4, 0.5) is 0 Å². The number of amides is 1. The molecule has 1 amide bonds. The second-order valence-electron chi connectivity index (χ2n) is 7.27. The van der Waals surface area contributed by atoms with Crippen molar-refractivity contribution in [3.8, 4) is 0 Å². The Morgan fingerprint density at radius 3 is 2.69 bits per heavy atom. The van der Waals surface area contributed by atoms with Crippen molar-refractivity contribution in [2.24, 2.45) is 5.92 Å². The van der Waals surface area contributed by atoms with Crippen LogP contribution in [0.15, 0.2) is 30.3 Å². The van der Waals surface area contributed by atoms with E-state index in [1.807, 2.05) is 30.3 Å². The molecule has 0 unspecified atom stereocenters. The number of likely N-dealkylation sites (tertiary alicyclic amines) is 1. The molecule has 7 heteroatoms. The summed E-state index contributed by atoms with van der Waals surface area (Å²) in [5.41, 5.74) is 0.866. The fourth-order valence-corrected chi connectivity index (χ4v) is 4.05. The summed E-state index contributed by atoms with van der Waals surface area (Å²) in [6.07, 6.45) is 4.57. The molecule has 1 saturated heterocycles. The van der Waals surface area contributed by atoms with Crippen molar-refractivity contribution in [2.75, 3.05) is 39.0 Å². The molecule has 1 aromatic carbocycles. The van der Waals surface area contributed by atoms with Crippen molar-refractivity contribution in [1.29, 1.82) is 0 Å². The average molecular weight is 382 g/mol. The van der Waals surface area contributed by atoms with Gasteiger partial charge in [0.1, 0.15) is 0 Å². The van der Waals surface area contributed by atoms with Crippen molar-refractivity contribution in [3.05, 3.63) is 35.9 Å². The lowest BCUT2D eigenvalue weighted by Gasteiger charge is -2.30.